The normalized spacial score (nSPS) is 11.6. The molecule has 1 heterocycles. The molecule has 3 aromatic carbocycles. The monoisotopic (exact) mass is 463 g/mol. The molecule has 0 bridgehead atoms. The summed E-state index contributed by atoms with van der Waals surface area (Å²) in [5.74, 6) is 0.235. The van der Waals surface area contributed by atoms with Crippen LogP contribution in [0.2, 0.25) is 0 Å². The van der Waals surface area contributed by atoms with E-state index in [0.717, 1.165) is 22.4 Å². The second-order valence-corrected chi connectivity index (χ2v) is 9.60. The van der Waals surface area contributed by atoms with E-state index in [1.807, 2.05) is 31.4 Å². The summed E-state index contributed by atoms with van der Waals surface area (Å²) >= 11 is 1.47. The number of thiazole rings is 1. The SMILES string of the molecule is Cc1ccc(-c2csc(NN=Cc3ccc(OS(=O)(=O)c4ccc(C)cc4)cc3)n2)cc1. The molecule has 1 aromatic heterocycles. The number of benzene rings is 3. The molecule has 0 aliphatic carbocycles. The van der Waals surface area contributed by atoms with Crippen LogP contribution in [0, 0.1) is 13.8 Å². The van der Waals surface area contributed by atoms with Crippen LogP contribution in [0.5, 0.6) is 5.75 Å². The molecule has 0 aliphatic heterocycles. The van der Waals surface area contributed by atoms with Gasteiger partial charge in [-0.2, -0.15) is 13.5 Å². The average molecular weight is 464 g/mol. The number of rotatable bonds is 7. The Morgan fingerprint density at radius 3 is 2.19 bits per heavy atom. The van der Waals surface area contributed by atoms with Gasteiger partial charge in [0.1, 0.15) is 10.6 Å². The van der Waals surface area contributed by atoms with Crippen molar-refractivity contribution >= 4 is 32.8 Å². The highest BCUT2D eigenvalue weighted by Crippen LogP contribution is 2.25. The highest BCUT2D eigenvalue weighted by Gasteiger charge is 2.16. The van der Waals surface area contributed by atoms with Crippen LogP contribution in [0.25, 0.3) is 11.3 Å². The zero-order valence-corrected chi connectivity index (χ0v) is 19.2. The summed E-state index contributed by atoms with van der Waals surface area (Å²) < 4.78 is 30.0. The minimum Gasteiger partial charge on any atom is -0.379 e. The van der Waals surface area contributed by atoms with E-state index < -0.39 is 10.1 Å². The number of hydrogen-bond acceptors (Lipinski definition) is 7. The molecule has 0 amide bonds. The van der Waals surface area contributed by atoms with Gasteiger partial charge in [-0.25, -0.2) is 4.98 Å². The van der Waals surface area contributed by atoms with Crippen LogP contribution in [0.4, 0.5) is 5.13 Å². The minimum absolute atomic E-state index is 0.117. The van der Waals surface area contributed by atoms with Crippen LogP contribution < -0.4 is 9.61 Å². The van der Waals surface area contributed by atoms with Gasteiger partial charge in [-0.1, -0.05) is 47.5 Å². The summed E-state index contributed by atoms with van der Waals surface area (Å²) in [6, 6.07) is 21.3. The van der Waals surface area contributed by atoms with Gasteiger partial charge in [-0.15, -0.1) is 11.3 Å². The first kappa shape index (κ1) is 21.7. The van der Waals surface area contributed by atoms with E-state index in [2.05, 4.69) is 27.6 Å². The molecule has 4 rings (SSSR count). The fourth-order valence-corrected chi connectivity index (χ4v) is 4.43. The van der Waals surface area contributed by atoms with Gasteiger partial charge in [0.25, 0.3) is 0 Å². The number of nitrogens with one attached hydrogen (secondary N) is 1. The lowest BCUT2D eigenvalue weighted by Crippen LogP contribution is -2.09. The predicted octanol–water partition coefficient (Wildman–Crippen LogP) is 5.64. The van der Waals surface area contributed by atoms with E-state index in [1.54, 1.807) is 42.6 Å². The van der Waals surface area contributed by atoms with Crippen LogP contribution in [-0.4, -0.2) is 19.6 Å². The topological polar surface area (TPSA) is 80.7 Å². The van der Waals surface area contributed by atoms with E-state index in [9.17, 15) is 8.42 Å². The second kappa shape index (κ2) is 9.33. The Hall–Kier alpha value is -3.49. The molecule has 162 valence electrons. The molecule has 0 aliphatic rings. The summed E-state index contributed by atoms with van der Waals surface area (Å²) in [6.45, 7) is 3.94. The van der Waals surface area contributed by atoms with Crippen molar-refractivity contribution < 1.29 is 12.6 Å². The van der Waals surface area contributed by atoms with Crippen LogP contribution in [0.15, 0.2) is 88.2 Å². The average Bonchev–Trinajstić information content (AvgIpc) is 3.24. The van der Waals surface area contributed by atoms with Crippen molar-refractivity contribution in [2.75, 3.05) is 5.43 Å². The van der Waals surface area contributed by atoms with Crippen molar-refractivity contribution in [3.05, 3.63) is 94.9 Å². The van der Waals surface area contributed by atoms with Gasteiger partial charge < -0.3 is 4.18 Å². The first-order valence-electron chi connectivity index (χ1n) is 9.82. The lowest BCUT2D eigenvalue weighted by Gasteiger charge is -2.07. The Bertz CT molecular complexity index is 1330. The van der Waals surface area contributed by atoms with Crippen LogP contribution in [0.3, 0.4) is 0 Å². The number of nitrogens with zero attached hydrogens (tertiary/aromatic N) is 2. The number of aryl methyl sites for hydroxylation is 2. The molecule has 1 N–H and O–H groups in total. The molecular formula is C24H21N3O3S2. The fraction of sp³-hybridized carbons (Fsp3) is 0.0833. The standard InChI is InChI=1S/C24H21N3O3S2/c1-17-3-9-20(10-4-17)23-16-31-24(26-23)27-25-15-19-7-11-21(12-8-19)30-32(28,29)22-13-5-18(2)6-14-22/h3-16H,1-2H3,(H,26,27). The molecule has 0 radical (unpaired) electrons. The van der Waals surface area contributed by atoms with Crippen LogP contribution in [0.1, 0.15) is 16.7 Å². The van der Waals surface area contributed by atoms with Gasteiger partial charge in [0.2, 0.25) is 5.13 Å². The van der Waals surface area contributed by atoms with E-state index in [4.69, 9.17) is 4.18 Å². The molecule has 4 aromatic rings. The summed E-state index contributed by atoms with van der Waals surface area (Å²) in [5.41, 5.74) is 7.84. The van der Waals surface area contributed by atoms with Crippen molar-refractivity contribution in [2.45, 2.75) is 18.7 Å². The molecule has 8 heteroatoms. The summed E-state index contributed by atoms with van der Waals surface area (Å²) in [7, 11) is -3.87. The molecule has 0 unspecified atom stereocenters. The maximum Gasteiger partial charge on any atom is 0.339 e. The first-order chi connectivity index (χ1) is 15.4. The molecule has 0 spiro atoms. The van der Waals surface area contributed by atoms with Gasteiger partial charge in [-0.05, 0) is 55.8 Å². The predicted molar refractivity (Wildman–Crippen MR) is 129 cm³/mol. The summed E-state index contributed by atoms with van der Waals surface area (Å²) in [6.07, 6.45) is 1.63. The van der Waals surface area contributed by atoms with E-state index in [-0.39, 0.29) is 10.6 Å². The number of anilines is 1. The molecule has 0 saturated carbocycles. The minimum atomic E-state index is -3.87. The Labute approximate surface area is 191 Å². The highest BCUT2D eigenvalue weighted by molar-refractivity contribution is 7.87. The van der Waals surface area contributed by atoms with Gasteiger partial charge in [0.15, 0.2) is 0 Å². The molecule has 32 heavy (non-hydrogen) atoms. The zero-order chi connectivity index (χ0) is 22.6. The van der Waals surface area contributed by atoms with Crippen LogP contribution >= 0.6 is 11.3 Å². The van der Waals surface area contributed by atoms with E-state index in [0.29, 0.717) is 5.13 Å². The van der Waals surface area contributed by atoms with Crippen molar-refractivity contribution in [1.29, 1.82) is 0 Å². The van der Waals surface area contributed by atoms with Gasteiger partial charge in [0, 0.05) is 10.9 Å². The lowest BCUT2D eigenvalue weighted by atomic mass is 10.1. The van der Waals surface area contributed by atoms with E-state index >= 15 is 0 Å². The first-order valence-corrected chi connectivity index (χ1v) is 12.1. The third-order valence-electron chi connectivity index (χ3n) is 4.62. The van der Waals surface area contributed by atoms with Gasteiger partial charge in [-0.3, -0.25) is 5.43 Å². The molecular weight excluding hydrogens is 442 g/mol. The Kier molecular flexibility index (Phi) is 6.34. The summed E-state index contributed by atoms with van der Waals surface area (Å²) in [4.78, 5) is 4.65. The Morgan fingerprint density at radius 1 is 0.906 bits per heavy atom. The lowest BCUT2D eigenvalue weighted by molar-refractivity contribution is 0.486. The maximum atomic E-state index is 12.4. The smallest absolute Gasteiger partial charge is 0.339 e. The quantitative estimate of drug-likeness (QED) is 0.218. The van der Waals surface area contributed by atoms with Crippen molar-refractivity contribution in [2.24, 2.45) is 5.10 Å². The van der Waals surface area contributed by atoms with E-state index in [1.165, 1.54) is 29.0 Å². The van der Waals surface area contributed by atoms with Gasteiger partial charge >= 0.3 is 10.1 Å². The van der Waals surface area contributed by atoms with Crippen molar-refractivity contribution in [3.8, 4) is 17.0 Å². The van der Waals surface area contributed by atoms with Crippen molar-refractivity contribution in [3.63, 3.8) is 0 Å². The summed E-state index contributed by atoms with van der Waals surface area (Å²) in [5, 5.41) is 6.86. The molecule has 0 atom stereocenters. The molecule has 0 saturated heterocycles. The van der Waals surface area contributed by atoms with Gasteiger partial charge in [0.05, 0.1) is 11.9 Å². The second-order valence-electron chi connectivity index (χ2n) is 7.19. The third-order valence-corrected chi connectivity index (χ3v) is 6.63. The maximum absolute atomic E-state index is 12.4. The number of hydrazone groups is 1. The Morgan fingerprint density at radius 2 is 1.53 bits per heavy atom. The highest BCUT2D eigenvalue weighted by atomic mass is 32.2. The Balaban J connectivity index is 1.36. The zero-order valence-electron chi connectivity index (χ0n) is 17.5. The third kappa shape index (κ3) is 5.40. The number of aromatic nitrogens is 1. The number of hydrogen-bond donors (Lipinski definition) is 1. The van der Waals surface area contributed by atoms with Crippen LogP contribution in [-0.2, 0) is 10.1 Å². The largest absolute Gasteiger partial charge is 0.379 e. The fourth-order valence-electron chi connectivity index (χ4n) is 2.83. The van der Waals surface area contributed by atoms with Crippen molar-refractivity contribution in [1.82, 2.24) is 4.98 Å². The molecule has 0 fully saturated rings. The molecule has 6 nitrogen and oxygen atoms in total.